The van der Waals surface area contributed by atoms with Crippen molar-refractivity contribution in [3.05, 3.63) is 57.8 Å². The van der Waals surface area contributed by atoms with Crippen LogP contribution in [0.1, 0.15) is 22.0 Å². The van der Waals surface area contributed by atoms with Gasteiger partial charge in [-0.3, -0.25) is 9.59 Å². The van der Waals surface area contributed by atoms with Crippen molar-refractivity contribution in [2.45, 2.75) is 12.5 Å². The zero-order chi connectivity index (χ0) is 16.5. The molecule has 1 fully saturated rings. The van der Waals surface area contributed by atoms with Crippen molar-refractivity contribution in [2.75, 3.05) is 24.7 Å². The molecule has 0 bridgehead atoms. The highest BCUT2D eigenvalue weighted by Crippen LogP contribution is 2.37. The van der Waals surface area contributed by atoms with E-state index in [1.165, 1.54) is 10.4 Å². The summed E-state index contributed by atoms with van der Waals surface area (Å²) in [4.78, 5) is 29.8. The standard InChI is InChI=1S/C18H18N2O2S2/c21-16(10-19-12-23-11-17(19)22)20-8-6-15-14(7-9-24-15)18(20)13-4-2-1-3-5-13/h1-5,7,9,18H,6,8,10-12H2. The molecule has 1 atom stereocenters. The lowest BCUT2D eigenvalue weighted by Crippen LogP contribution is -2.45. The second-order valence-electron chi connectivity index (χ2n) is 6.02. The lowest BCUT2D eigenvalue weighted by Gasteiger charge is -2.37. The van der Waals surface area contributed by atoms with Gasteiger partial charge in [0.1, 0.15) is 6.54 Å². The van der Waals surface area contributed by atoms with E-state index in [1.54, 1.807) is 28.0 Å². The van der Waals surface area contributed by atoms with Crippen LogP contribution in [-0.4, -0.2) is 46.3 Å². The zero-order valence-corrected chi connectivity index (χ0v) is 14.8. The summed E-state index contributed by atoms with van der Waals surface area (Å²) in [5.41, 5.74) is 2.36. The predicted octanol–water partition coefficient (Wildman–Crippen LogP) is 2.76. The number of thiophene rings is 1. The molecule has 0 N–H and O–H groups in total. The molecule has 0 saturated carbocycles. The van der Waals surface area contributed by atoms with Crippen LogP contribution in [0.3, 0.4) is 0 Å². The highest BCUT2D eigenvalue weighted by molar-refractivity contribution is 8.00. The molecule has 2 amide bonds. The number of fused-ring (bicyclic) bond motifs is 1. The molecular formula is C18H18N2O2S2. The van der Waals surface area contributed by atoms with E-state index in [0.29, 0.717) is 18.2 Å². The molecule has 1 aromatic heterocycles. The lowest BCUT2D eigenvalue weighted by atomic mass is 9.93. The molecule has 1 saturated heterocycles. The van der Waals surface area contributed by atoms with Crippen LogP contribution in [0.4, 0.5) is 0 Å². The Kier molecular flexibility index (Phi) is 4.33. The van der Waals surface area contributed by atoms with Gasteiger partial charge in [0.15, 0.2) is 0 Å². The first-order chi connectivity index (χ1) is 11.7. The van der Waals surface area contributed by atoms with Gasteiger partial charge in [0.2, 0.25) is 11.8 Å². The van der Waals surface area contributed by atoms with Crippen LogP contribution in [0.15, 0.2) is 41.8 Å². The van der Waals surface area contributed by atoms with Gasteiger partial charge in [-0.1, -0.05) is 30.3 Å². The third kappa shape index (κ3) is 2.84. The first-order valence-corrected chi connectivity index (χ1v) is 10.0. The summed E-state index contributed by atoms with van der Waals surface area (Å²) in [5, 5.41) is 2.11. The maximum Gasteiger partial charge on any atom is 0.243 e. The Hall–Kier alpha value is -1.79. The third-order valence-electron chi connectivity index (χ3n) is 4.55. The molecule has 3 heterocycles. The molecule has 124 valence electrons. The normalized spacial score (nSPS) is 20.3. The molecule has 24 heavy (non-hydrogen) atoms. The molecule has 1 unspecified atom stereocenters. The molecule has 2 aliphatic rings. The average molecular weight is 358 g/mol. The number of thioether (sulfide) groups is 1. The summed E-state index contributed by atoms with van der Waals surface area (Å²) in [6, 6.07) is 12.3. The van der Waals surface area contributed by atoms with Crippen LogP contribution in [0.5, 0.6) is 0 Å². The predicted molar refractivity (Wildman–Crippen MR) is 97.1 cm³/mol. The fourth-order valence-corrected chi connectivity index (χ4v) is 5.18. The van der Waals surface area contributed by atoms with Crippen molar-refractivity contribution in [3.63, 3.8) is 0 Å². The van der Waals surface area contributed by atoms with Gasteiger partial charge < -0.3 is 9.80 Å². The minimum absolute atomic E-state index is 0.0385. The number of benzene rings is 1. The van der Waals surface area contributed by atoms with Gasteiger partial charge in [0, 0.05) is 11.4 Å². The Morgan fingerprint density at radius 3 is 2.79 bits per heavy atom. The fourth-order valence-electron chi connectivity index (χ4n) is 3.37. The smallest absolute Gasteiger partial charge is 0.243 e. The lowest BCUT2D eigenvalue weighted by molar-refractivity contribution is -0.139. The fraction of sp³-hybridized carbons (Fsp3) is 0.333. The van der Waals surface area contributed by atoms with E-state index in [4.69, 9.17) is 0 Å². The molecule has 0 spiro atoms. The summed E-state index contributed by atoms with van der Waals surface area (Å²) in [6.07, 6.45) is 0.894. The van der Waals surface area contributed by atoms with Gasteiger partial charge in [-0.15, -0.1) is 23.1 Å². The number of hydrogen-bond acceptors (Lipinski definition) is 4. The van der Waals surface area contributed by atoms with Gasteiger partial charge in [0.25, 0.3) is 0 Å². The summed E-state index contributed by atoms with van der Waals surface area (Å²) in [7, 11) is 0. The van der Waals surface area contributed by atoms with Crippen molar-refractivity contribution in [1.82, 2.24) is 9.80 Å². The molecular weight excluding hydrogens is 340 g/mol. The van der Waals surface area contributed by atoms with Crippen LogP contribution in [0, 0.1) is 0 Å². The summed E-state index contributed by atoms with van der Waals surface area (Å²) < 4.78 is 0. The van der Waals surface area contributed by atoms with Crippen molar-refractivity contribution in [3.8, 4) is 0 Å². The second-order valence-corrected chi connectivity index (χ2v) is 7.97. The first-order valence-electron chi connectivity index (χ1n) is 8.00. The SMILES string of the molecule is O=C1CSCN1CC(=O)N1CCc2sccc2C1c1ccccc1. The third-order valence-corrected chi connectivity index (χ3v) is 6.49. The highest BCUT2D eigenvalue weighted by atomic mass is 32.2. The highest BCUT2D eigenvalue weighted by Gasteiger charge is 2.34. The monoisotopic (exact) mass is 358 g/mol. The van der Waals surface area contributed by atoms with Crippen LogP contribution in [-0.2, 0) is 16.0 Å². The van der Waals surface area contributed by atoms with Crippen LogP contribution < -0.4 is 0 Å². The van der Waals surface area contributed by atoms with Crippen LogP contribution in [0.2, 0.25) is 0 Å². The Balaban J connectivity index is 1.63. The van der Waals surface area contributed by atoms with Crippen molar-refractivity contribution >= 4 is 34.9 Å². The summed E-state index contributed by atoms with van der Waals surface area (Å²) >= 11 is 3.34. The Morgan fingerprint density at radius 2 is 2.04 bits per heavy atom. The van der Waals surface area contributed by atoms with E-state index in [1.807, 2.05) is 23.1 Å². The van der Waals surface area contributed by atoms with Gasteiger partial charge in [0.05, 0.1) is 17.7 Å². The maximum absolute atomic E-state index is 12.9. The number of nitrogens with zero attached hydrogens (tertiary/aromatic N) is 2. The van der Waals surface area contributed by atoms with Gasteiger partial charge in [-0.25, -0.2) is 0 Å². The Morgan fingerprint density at radius 1 is 1.21 bits per heavy atom. The summed E-state index contributed by atoms with van der Waals surface area (Å²) in [6.45, 7) is 0.899. The van der Waals surface area contributed by atoms with Gasteiger partial charge in [-0.05, 0) is 29.0 Å². The topological polar surface area (TPSA) is 40.6 Å². The molecule has 6 heteroatoms. The summed E-state index contributed by atoms with van der Waals surface area (Å²) in [5.74, 6) is 1.22. The second kappa shape index (κ2) is 6.61. The van der Waals surface area contributed by atoms with Crippen LogP contribution >= 0.6 is 23.1 Å². The molecule has 0 radical (unpaired) electrons. The molecule has 0 aliphatic carbocycles. The quantitative estimate of drug-likeness (QED) is 0.847. The number of rotatable bonds is 3. The number of carbonyl (C=O) groups excluding carboxylic acids is 2. The van der Waals surface area contributed by atoms with Gasteiger partial charge >= 0.3 is 0 Å². The van der Waals surface area contributed by atoms with Gasteiger partial charge in [-0.2, -0.15) is 0 Å². The number of carbonyl (C=O) groups is 2. The van der Waals surface area contributed by atoms with Crippen molar-refractivity contribution < 1.29 is 9.59 Å². The van der Waals surface area contributed by atoms with E-state index in [2.05, 4.69) is 23.6 Å². The van der Waals surface area contributed by atoms with E-state index < -0.39 is 0 Å². The number of amides is 2. The Bertz CT molecular complexity index is 759. The molecule has 4 nitrogen and oxygen atoms in total. The molecule has 1 aromatic carbocycles. The molecule has 4 rings (SSSR count). The van der Waals surface area contributed by atoms with E-state index in [9.17, 15) is 9.59 Å². The van der Waals surface area contributed by atoms with E-state index >= 15 is 0 Å². The van der Waals surface area contributed by atoms with Crippen molar-refractivity contribution in [1.29, 1.82) is 0 Å². The van der Waals surface area contributed by atoms with E-state index in [-0.39, 0.29) is 24.4 Å². The van der Waals surface area contributed by atoms with E-state index in [0.717, 1.165) is 12.0 Å². The van der Waals surface area contributed by atoms with Crippen LogP contribution in [0.25, 0.3) is 0 Å². The van der Waals surface area contributed by atoms with Crippen molar-refractivity contribution in [2.24, 2.45) is 0 Å². The Labute approximate surface area is 149 Å². The largest absolute Gasteiger partial charge is 0.330 e. The average Bonchev–Trinajstić information content (AvgIpc) is 3.24. The minimum atomic E-state index is -0.0425. The number of hydrogen-bond donors (Lipinski definition) is 0. The maximum atomic E-state index is 12.9. The zero-order valence-electron chi connectivity index (χ0n) is 13.2. The molecule has 2 aliphatic heterocycles. The minimum Gasteiger partial charge on any atom is -0.330 e. The molecule has 2 aromatic rings. The first kappa shape index (κ1) is 15.7.